The minimum absolute atomic E-state index is 0.970. The summed E-state index contributed by atoms with van der Waals surface area (Å²) in [6, 6.07) is 4.15. The Bertz CT molecular complexity index is 321. The summed E-state index contributed by atoms with van der Waals surface area (Å²) in [5, 5.41) is 3.15. The van der Waals surface area contributed by atoms with Crippen LogP contribution in [0.25, 0.3) is 0 Å². The van der Waals surface area contributed by atoms with Gasteiger partial charge in [-0.15, -0.1) is 0 Å². The molecule has 0 spiro atoms. The second-order valence-electron chi connectivity index (χ2n) is 4.45. The Hall–Kier alpha value is -0.700. The molecule has 2 rings (SSSR count). The number of nitrogens with zero attached hydrogens (tertiary/aromatic N) is 1. The maximum atomic E-state index is 4.39. The van der Waals surface area contributed by atoms with E-state index < -0.39 is 0 Å². The van der Waals surface area contributed by atoms with E-state index in [0.717, 1.165) is 17.4 Å². The van der Waals surface area contributed by atoms with Gasteiger partial charge in [0.15, 0.2) is 0 Å². The van der Waals surface area contributed by atoms with Crippen LogP contribution in [0.1, 0.15) is 31.4 Å². The van der Waals surface area contributed by atoms with E-state index in [-0.39, 0.29) is 0 Å². The van der Waals surface area contributed by atoms with Crippen molar-refractivity contribution in [3.05, 3.63) is 24.0 Å². The topological polar surface area (TPSA) is 24.9 Å². The predicted octanol–water partition coefficient (Wildman–Crippen LogP) is 3.55. The number of pyridine rings is 1. The number of thioether (sulfide) groups is 1. The zero-order valence-corrected chi connectivity index (χ0v) is 10.7. The Labute approximate surface area is 102 Å². The van der Waals surface area contributed by atoms with Crippen LogP contribution in [0.5, 0.6) is 0 Å². The van der Waals surface area contributed by atoms with Crippen molar-refractivity contribution in [2.75, 3.05) is 18.1 Å². The van der Waals surface area contributed by atoms with Gasteiger partial charge in [0.1, 0.15) is 0 Å². The minimum Gasteiger partial charge on any atom is -0.388 e. The average Bonchev–Trinajstić information content (AvgIpc) is 2.82. The Morgan fingerprint density at radius 3 is 3.00 bits per heavy atom. The van der Waals surface area contributed by atoms with Crippen molar-refractivity contribution in [2.45, 2.75) is 31.4 Å². The monoisotopic (exact) mass is 236 g/mol. The van der Waals surface area contributed by atoms with Crippen LogP contribution in [0.4, 0.5) is 5.69 Å². The second-order valence-corrected chi connectivity index (χ2v) is 5.48. The Morgan fingerprint density at radius 2 is 2.25 bits per heavy atom. The van der Waals surface area contributed by atoms with Gasteiger partial charge in [0, 0.05) is 24.7 Å². The van der Waals surface area contributed by atoms with E-state index in [2.05, 4.69) is 16.4 Å². The lowest BCUT2D eigenvalue weighted by Crippen LogP contribution is -1.98. The van der Waals surface area contributed by atoms with E-state index in [9.17, 15) is 0 Å². The molecule has 16 heavy (non-hydrogen) atoms. The van der Waals surface area contributed by atoms with E-state index in [0.29, 0.717) is 0 Å². The van der Waals surface area contributed by atoms with Crippen LogP contribution < -0.4 is 5.32 Å². The summed E-state index contributed by atoms with van der Waals surface area (Å²) in [7, 11) is 1.95. The number of aromatic nitrogens is 1. The normalized spacial score (nSPS) is 16.6. The summed E-state index contributed by atoms with van der Waals surface area (Å²) in [6.07, 6.45) is 7.66. The van der Waals surface area contributed by atoms with Gasteiger partial charge in [0.05, 0.1) is 5.69 Å². The highest BCUT2D eigenvalue weighted by Crippen LogP contribution is 2.28. The van der Waals surface area contributed by atoms with Crippen LogP contribution in [0.15, 0.2) is 18.3 Å². The molecule has 0 atom stereocenters. The van der Waals surface area contributed by atoms with Gasteiger partial charge in [0.2, 0.25) is 0 Å². The van der Waals surface area contributed by atoms with Crippen LogP contribution >= 0.6 is 11.8 Å². The predicted molar refractivity (Wildman–Crippen MR) is 71.9 cm³/mol. The van der Waals surface area contributed by atoms with Crippen LogP contribution in [-0.2, 0) is 5.75 Å². The largest absolute Gasteiger partial charge is 0.388 e. The molecule has 0 aromatic carbocycles. The van der Waals surface area contributed by atoms with E-state index in [1.165, 1.54) is 37.1 Å². The summed E-state index contributed by atoms with van der Waals surface area (Å²) in [4.78, 5) is 4.39. The van der Waals surface area contributed by atoms with Gasteiger partial charge in [-0.05, 0) is 36.6 Å². The zero-order chi connectivity index (χ0) is 11.2. The number of hydrogen-bond acceptors (Lipinski definition) is 3. The number of hydrogen-bond donors (Lipinski definition) is 1. The lowest BCUT2D eigenvalue weighted by molar-refractivity contribution is 0.623. The second kappa shape index (κ2) is 6.14. The molecule has 3 heteroatoms. The standard InChI is InChI=1S/C13H20N2S/c1-14-12-6-7-15-13(8-12)10-16-9-11-4-2-3-5-11/h6-8,11H,2-5,9-10H2,1H3,(H,14,15). The fourth-order valence-corrected chi connectivity index (χ4v) is 3.37. The molecule has 1 heterocycles. The molecular weight excluding hydrogens is 216 g/mol. The molecule has 0 amide bonds. The third-order valence-corrected chi connectivity index (χ3v) is 4.39. The zero-order valence-electron chi connectivity index (χ0n) is 9.91. The lowest BCUT2D eigenvalue weighted by atomic mass is 10.1. The van der Waals surface area contributed by atoms with E-state index in [1.807, 2.05) is 31.1 Å². The summed E-state index contributed by atoms with van der Waals surface area (Å²) >= 11 is 2.03. The summed E-state index contributed by atoms with van der Waals surface area (Å²) in [5.41, 5.74) is 2.35. The van der Waals surface area contributed by atoms with Crippen molar-refractivity contribution in [3.63, 3.8) is 0 Å². The molecule has 1 aromatic heterocycles. The fourth-order valence-electron chi connectivity index (χ4n) is 2.22. The molecule has 1 fully saturated rings. The van der Waals surface area contributed by atoms with Crippen molar-refractivity contribution in [1.82, 2.24) is 4.98 Å². The van der Waals surface area contributed by atoms with E-state index in [4.69, 9.17) is 0 Å². The highest BCUT2D eigenvalue weighted by Gasteiger charge is 2.14. The van der Waals surface area contributed by atoms with Gasteiger partial charge in [-0.3, -0.25) is 4.98 Å². The van der Waals surface area contributed by atoms with Gasteiger partial charge in [0.25, 0.3) is 0 Å². The fraction of sp³-hybridized carbons (Fsp3) is 0.615. The highest BCUT2D eigenvalue weighted by molar-refractivity contribution is 7.98. The van der Waals surface area contributed by atoms with Gasteiger partial charge in [-0.25, -0.2) is 0 Å². The molecule has 0 saturated heterocycles. The summed E-state index contributed by atoms with van der Waals surface area (Å²) < 4.78 is 0. The van der Waals surface area contributed by atoms with Gasteiger partial charge < -0.3 is 5.32 Å². The van der Waals surface area contributed by atoms with Crippen molar-refractivity contribution in [1.29, 1.82) is 0 Å². The van der Waals surface area contributed by atoms with Gasteiger partial charge in [-0.1, -0.05) is 12.8 Å². The first-order chi connectivity index (χ1) is 7.88. The SMILES string of the molecule is CNc1ccnc(CSCC2CCCC2)c1. The van der Waals surface area contributed by atoms with Crippen molar-refractivity contribution in [3.8, 4) is 0 Å². The summed E-state index contributed by atoms with van der Waals surface area (Å²) in [5.74, 6) is 3.33. The molecule has 0 unspecified atom stereocenters. The van der Waals surface area contributed by atoms with Crippen molar-refractivity contribution in [2.24, 2.45) is 5.92 Å². The molecule has 1 aromatic rings. The first-order valence-corrected chi connectivity index (χ1v) is 7.24. The van der Waals surface area contributed by atoms with Crippen LogP contribution in [0.2, 0.25) is 0 Å². The number of anilines is 1. The van der Waals surface area contributed by atoms with E-state index in [1.54, 1.807) is 0 Å². The third-order valence-electron chi connectivity index (χ3n) is 3.18. The Balaban J connectivity index is 1.75. The first kappa shape index (κ1) is 11.8. The molecule has 1 saturated carbocycles. The van der Waals surface area contributed by atoms with Crippen LogP contribution in [-0.4, -0.2) is 17.8 Å². The molecule has 88 valence electrons. The lowest BCUT2D eigenvalue weighted by Gasteiger charge is -2.08. The average molecular weight is 236 g/mol. The quantitative estimate of drug-likeness (QED) is 0.846. The maximum Gasteiger partial charge on any atom is 0.0523 e. The molecule has 2 nitrogen and oxygen atoms in total. The molecule has 1 aliphatic rings. The Kier molecular flexibility index (Phi) is 4.52. The molecular formula is C13H20N2S. The summed E-state index contributed by atoms with van der Waals surface area (Å²) in [6.45, 7) is 0. The first-order valence-electron chi connectivity index (χ1n) is 6.09. The number of nitrogens with one attached hydrogen (secondary N) is 1. The molecule has 1 aliphatic carbocycles. The van der Waals surface area contributed by atoms with Gasteiger partial charge >= 0.3 is 0 Å². The van der Waals surface area contributed by atoms with Crippen molar-refractivity contribution < 1.29 is 0 Å². The molecule has 0 radical (unpaired) electrons. The molecule has 0 aliphatic heterocycles. The Morgan fingerprint density at radius 1 is 1.44 bits per heavy atom. The molecule has 0 bridgehead atoms. The molecule has 1 N–H and O–H groups in total. The van der Waals surface area contributed by atoms with E-state index >= 15 is 0 Å². The maximum absolute atomic E-state index is 4.39. The highest BCUT2D eigenvalue weighted by atomic mass is 32.2. The van der Waals surface area contributed by atoms with Crippen LogP contribution in [0.3, 0.4) is 0 Å². The van der Waals surface area contributed by atoms with Gasteiger partial charge in [-0.2, -0.15) is 11.8 Å². The number of rotatable bonds is 5. The van der Waals surface area contributed by atoms with Crippen LogP contribution in [0, 0.1) is 5.92 Å². The third kappa shape index (κ3) is 3.41. The van der Waals surface area contributed by atoms with Crippen molar-refractivity contribution >= 4 is 17.4 Å². The minimum atomic E-state index is 0.970. The smallest absolute Gasteiger partial charge is 0.0523 e.